The number of amides is 1. The van der Waals surface area contributed by atoms with Crippen LogP contribution in [0.2, 0.25) is 0 Å². The number of nitrogens with zero attached hydrogens (tertiary/aromatic N) is 3. The summed E-state index contributed by atoms with van der Waals surface area (Å²) in [6, 6.07) is 6.00. The van der Waals surface area contributed by atoms with E-state index >= 15 is 0 Å². The topological polar surface area (TPSA) is 58.1 Å². The second-order valence-corrected chi connectivity index (χ2v) is 5.73. The summed E-state index contributed by atoms with van der Waals surface area (Å²) in [6.45, 7) is 7.24. The average molecular weight is 363 g/mol. The van der Waals surface area contributed by atoms with Crippen molar-refractivity contribution < 1.29 is 4.79 Å². The number of hydrogen-bond donors (Lipinski definition) is 1. The fourth-order valence-corrected chi connectivity index (χ4v) is 2.63. The van der Waals surface area contributed by atoms with Crippen LogP contribution >= 0.6 is 15.9 Å². The molecule has 0 saturated heterocycles. The summed E-state index contributed by atoms with van der Waals surface area (Å²) < 4.78 is 0.956. The number of anilines is 2. The van der Waals surface area contributed by atoms with E-state index in [1.165, 1.54) is 11.8 Å². The van der Waals surface area contributed by atoms with Crippen LogP contribution in [0, 0.1) is 6.92 Å². The third-order valence-corrected chi connectivity index (χ3v) is 3.97. The maximum Gasteiger partial charge on any atom is 0.274 e. The van der Waals surface area contributed by atoms with Gasteiger partial charge in [0.2, 0.25) is 0 Å². The Balaban J connectivity index is 2.13. The highest BCUT2D eigenvalue weighted by Gasteiger charge is 2.14. The molecule has 6 heteroatoms. The molecule has 116 valence electrons. The molecule has 0 saturated carbocycles. The molecule has 1 heterocycles. The van der Waals surface area contributed by atoms with Crippen LogP contribution in [0.3, 0.4) is 0 Å². The van der Waals surface area contributed by atoms with Crippen LogP contribution in [0.1, 0.15) is 29.9 Å². The SMILES string of the molecule is CCN(CC)C(=O)c1cnc(Nc2ccc(C)cc2Br)cn1. The van der Waals surface area contributed by atoms with Crippen LogP contribution in [0.25, 0.3) is 0 Å². The summed E-state index contributed by atoms with van der Waals surface area (Å²) in [5.41, 5.74) is 2.43. The third kappa shape index (κ3) is 3.82. The molecule has 2 aromatic rings. The molecule has 0 fully saturated rings. The summed E-state index contributed by atoms with van der Waals surface area (Å²) in [6.07, 6.45) is 3.08. The lowest BCUT2D eigenvalue weighted by molar-refractivity contribution is 0.0766. The van der Waals surface area contributed by atoms with Gasteiger partial charge < -0.3 is 10.2 Å². The van der Waals surface area contributed by atoms with Gasteiger partial charge in [0.25, 0.3) is 5.91 Å². The summed E-state index contributed by atoms with van der Waals surface area (Å²) in [5, 5.41) is 3.18. The van der Waals surface area contributed by atoms with Crippen molar-refractivity contribution in [1.29, 1.82) is 0 Å². The maximum absolute atomic E-state index is 12.2. The average Bonchev–Trinajstić information content (AvgIpc) is 2.52. The monoisotopic (exact) mass is 362 g/mol. The Morgan fingerprint density at radius 1 is 1.23 bits per heavy atom. The van der Waals surface area contributed by atoms with E-state index in [0.717, 1.165) is 10.2 Å². The van der Waals surface area contributed by atoms with Gasteiger partial charge in [-0.05, 0) is 54.4 Å². The van der Waals surface area contributed by atoms with Crippen LogP contribution in [0.5, 0.6) is 0 Å². The number of halogens is 1. The standard InChI is InChI=1S/C16H19BrN4O/c1-4-21(5-2)16(22)14-9-19-15(10-18-14)20-13-7-6-11(3)8-12(13)17/h6-10H,4-5H2,1-3H3,(H,19,20). The Hall–Kier alpha value is -1.95. The minimum Gasteiger partial charge on any atom is -0.338 e. The zero-order chi connectivity index (χ0) is 16.1. The number of nitrogens with one attached hydrogen (secondary N) is 1. The van der Waals surface area contributed by atoms with Gasteiger partial charge in [-0.1, -0.05) is 6.07 Å². The molecule has 0 aliphatic carbocycles. The zero-order valence-electron chi connectivity index (χ0n) is 12.9. The minimum atomic E-state index is -0.0967. The lowest BCUT2D eigenvalue weighted by atomic mass is 10.2. The number of aryl methyl sites for hydroxylation is 1. The van der Waals surface area contributed by atoms with Crippen molar-refractivity contribution in [2.24, 2.45) is 0 Å². The Labute approximate surface area is 138 Å². The first-order valence-electron chi connectivity index (χ1n) is 7.19. The van der Waals surface area contributed by atoms with Gasteiger partial charge in [-0.15, -0.1) is 0 Å². The maximum atomic E-state index is 12.2. The number of carbonyl (C=O) groups excluding carboxylic acids is 1. The highest BCUT2D eigenvalue weighted by molar-refractivity contribution is 9.10. The van der Waals surface area contributed by atoms with E-state index in [0.29, 0.717) is 24.6 Å². The van der Waals surface area contributed by atoms with E-state index in [4.69, 9.17) is 0 Å². The first-order chi connectivity index (χ1) is 10.5. The Kier molecular flexibility index (Phi) is 5.49. The van der Waals surface area contributed by atoms with Crippen molar-refractivity contribution in [3.8, 4) is 0 Å². The van der Waals surface area contributed by atoms with Crippen LogP contribution in [0.4, 0.5) is 11.5 Å². The van der Waals surface area contributed by atoms with E-state index in [1.807, 2.05) is 39.0 Å². The molecule has 0 atom stereocenters. The van der Waals surface area contributed by atoms with Gasteiger partial charge in [-0.2, -0.15) is 0 Å². The molecule has 5 nitrogen and oxygen atoms in total. The normalized spacial score (nSPS) is 10.4. The van der Waals surface area contributed by atoms with E-state index in [2.05, 4.69) is 31.2 Å². The van der Waals surface area contributed by atoms with Crippen molar-refractivity contribution in [3.05, 3.63) is 46.3 Å². The Morgan fingerprint density at radius 2 is 1.95 bits per heavy atom. The quantitative estimate of drug-likeness (QED) is 0.879. The Morgan fingerprint density at radius 3 is 2.50 bits per heavy atom. The summed E-state index contributed by atoms with van der Waals surface area (Å²) in [4.78, 5) is 22.4. The summed E-state index contributed by atoms with van der Waals surface area (Å²) in [7, 11) is 0. The van der Waals surface area contributed by atoms with Crippen molar-refractivity contribution in [2.75, 3.05) is 18.4 Å². The van der Waals surface area contributed by atoms with Gasteiger partial charge in [0.1, 0.15) is 11.5 Å². The van der Waals surface area contributed by atoms with Crippen molar-refractivity contribution >= 4 is 33.3 Å². The van der Waals surface area contributed by atoms with Crippen molar-refractivity contribution in [1.82, 2.24) is 14.9 Å². The van der Waals surface area contributed by atoms with Crippen LogP contribution in [-0.4, -0.2) is 33.9 Å². The molecular weight excluding hydrogens is 344 g/mol. The molecule has 0 aliphatic heterocycles. The molecule has 0 spiro atoms. The zero-order valence-corrected chi connectivity index (χ0v) is 14.5. The molecule has 0 radical (unpaired) electrons. The predicted octanol–water partition coefficient (Wildman–Crippen LogP) is 3.77. The molecule has 1 aromatic heterocycles. The molecule has 0 unspecified atom stereocenters. The van der Waals surface area contributed by atoms with Gasteiger partial charge in [0, 0.05) is 17.6 Å². The van der Waals surface area contributed by atoms with E-state index in [1.54, 1.807) is 11.1 Å². The predicted molar refractivity (Wildman–Crippen MR) is 91.4 cm³/mol. The van der Waals surface area contributed by atoms with Gasteiger partial charge in [0.15, 0.2) is 0 Å². The van der Waals surface area contributed by atoms with Crippen molar-refractivity contribution in [2.45, 2.75) is 20.8 Å². The van der Waals surface area contributed by atoms with E-state index < -0.39 is 0 Å². The van der Waals surface area contributed by atoms with E-state index in [-0.39, 0.29) is 5.91 Å². The summed E-state index contributed by atoms with van der Waals surface area (Å²) in [5.74, 6) is 0.501. The number of aromatic nitrogens is 2. The second kappa shape index (κ2) is 7.35. The van der Waals surface area contributed by atoms with E-state index in [9.17, 15) is 4.79 Å². The van der Waals surface area contributed by atoms with Gasteiger partial charge in [0.05, 0.1) is 18.1 Å². The molecule has 1 N–H and O–H groups in total. The smallest absolute Gasteiger partial charge is 0.274 e. The fraction of sp³-hybridized carbons (Fsp3) is 0.312. The molecule has 22 heavy (non-hydrogen) atoms. The number of carbonyl (C=O) groups is 1. The van der Waals surface area contributed by atoms with Gasteiger partial charge in [-0.3, -0.25) is 4.79 Å². The highest BCUT2D eigenvalue weighted by Crippen LogP contribution is 2.25. The number of hydrogen-bond acceptors (Lipinski definition) is 4. The van der Waals surface area contributed by atoms with Gasteiger partial charge in [-0.25, -0.2) is 9.97 Å². The van der Waals surface area contributed by atoms with Crippen molar-refractivity contribution in [3.63, 3.8) is 0 Å². The lowest BCUT2D eigenvalue weighted by Crippen LogP contribution is -2.31. The molecule has 1 aromatic carbocycles. The van der Waals surface area contributed by atoms with Gasteiger partial charge >= 0.3 is 0 Å². The lowest BCUT2D eigenvalue weighted by Gasteiger charge is -2.17. The third-order valence-electron chi connectivity index (χ3n) is 3.31. The molecule has 0 aliphatic rings. The summed E-state index contributed by atoms with van der Waals surface area (Å²) >= 11 is 3.51. The fourth-order valence-electron chi connectivity index (χ4n) is 2.04. The second-order valence-electron chi connectivity index (χ2n) is 4.87. The minimum absolute atomic E-state index is 0.0967. The van der Waals surface area contributed by atoms with Crippen LogP contribution in [0.15, 0.2) is 35.1 Å². The molecular formula is C16H19BrN4O. The highest BCUT2D eigenvalue weighted by atomic mass is 79.9. The van der Waals surface area contributed by atoms with Crippen LogP contribution in [-0.2, 0) is 0 Å². The molecule has 0 bridgehead atoms. The van der Waals surface area contributed by atoms with Crippen LogP contribution < -0.4 is 5.32 Å². The molecule has 2 rings (SSSR count). The number of benzene rings is 1. The first-order valence-corrected chi connectivity index (χ1v) is 7.99. The Bertz CT molecular complexity index is 654. The molecule has 1 amide bonds. The first kappa shape index (κ1) is 16.4. The largest absolute Gasteiger partial charge is 0.338 e. The number of rotatable bonds is 5.